The van der Waals surface area contributed by atoms with Crippen molar-refractivity contribution in [2.24, 2.45) is 0 Å². The summed E-state index contributed by atoms with van der Waals surface area (Å²) in [5, 5.41) is 10.4. The number of imide groups is 1. The molecule has 0 aliphatic carbocycles. The molecular weight excluding hydrogens is 451 g/mol. The van der Waals surface area contributed by atoms with Crippen LogP contribution in [0.5, 0.6) is 5.75 Å². The SMILES string of the molecule is O=C(O)COc1ccccc1/C=C1/SC(=O)N(CC(=O)Nc2ccc(F)c(Cl)c2)C1=O. The van der Waals surface area contributed by atoms with Gasteiger partial charge in [0.2, 0.25) is 5.91 Å². The summed E-state index contributed by atoms with van der Waals surface area (Å²) in [7, 11) is 0. The van der Waals surface area contributed by atoms with E-state index in [1.54, 1.807) is 18.2 Å². The second kappa shape index (κ2) is 9.63. The van der Waals surface area contributed by atoms with E-state index in [9.17, 15) is 23.6 Å². The zero-order valence-electron chi connectivity index (χ0n) is 15.6. The van der Waals surface area contributed by atoms with Crippen molar-refractivity contribution in [1.82, 2.24) is 4.90 Å². The lowest BCUT2D eigenvalue weighted by molar-refractivity contribution is -0.139. The molecule has 0 atom stereocenters. The Morgan fingerprint density at radius 2 is 1.97 bits per heavy atom. The average Bonchev–Trinajstić information content (AvgIpc) is 2.97. The molecule has 0 spiro atoms. The number of hydrogen-bond donors (Lipinski definition) is 2. The van der Waals surface area contributed by atoms with Crippen molar-refractivity contribution >= 4 is 58.1 Å². The number of amides is 3. The number of aliphatic carboxylic acids is 1. The van der Waals surface area contributed by atoms with Crippen molar-refractivity contribution in [3.8, 4) is 5.75 Å². The molecular formula is C20H14ClFN2O6S. The van der Waals surface area contributed by atoms with Gasteiger partial charge in [0.15, 0.2) is 6.61 Å². The summed E-state index contributed by atoms with van der Waals surface area (Å²) in [6, 6.07) is 9.98. The largest absolute Gasteiger partial charge is 0.481 e. The third-order valence-electron chi connectivity index (χ3n) is 3.94. The molecule has 2 aromatic rings. The highest BCUT2D eigenvalue weighted by Crippen LogP contribution is 2.34. The van der Waals surface area contributed by atoms with Crippen LogP contribution in [0.2, 0.25) is 5.02 Å². The van der Waals surface area contributed by atoms with Crippen LogP contribution in [0.25, 0.3) is 6.08 Å². The van der Waals surface area contributed by atoms with E-state index in [0.717, 1.165) is 11.0 Å². The number of thioether (sulfide) groups is 1. The fraction of sp³-hybridized carbons (Fsp3) is 0.100. The Labute approximate surface area is 184 Å². The van der Waals surface area contributed by atoms with Gasteiger partial charge in [0.1, 0.15) is 18.1 Å². The van der Waals surface area contributed by atoms with Crippen molar-refractivity contribution in [2.75, 3.05) is 18.5 Å². The predicted molar refractivity (Wildman–Crippen MR) is 112 cm³/mol. The number of nitrogens with one attached hydrogen (secondary N) is 1. The number of anilines is 1. The van der Waals surface area contributed by atoms with E-state index in [-0.39, 0.29) is 21.4 Å². The van der Waals surface area contributed by atoms with Gasteiger partial charge < -0.3 is 15.2 Å². The molecule has 1 aliphatic rings. The highest BCUT2D eigenvalue weighted by molar-refractivity contribution is 8.18. The van der Waals surface area contributed by atoms with Crippen molar-refractivity contribution in [3.05, 3.63) is 63.8 Å². The van der Waals surface area contributed by atoms with E-state index >= 15 is 0 Å². The number of carbonyl (C=O) groups excluding carboxylic acids is 3. The Kier molecular flexibility index (Phi) is 6.93. The monoisotopic (exact) mass is 464 g/mol. The van der Waals surface area contributed by atoms with Gasteiger partial charge in [-0.05, 0) is 42.1 Å². The van der Waals surface area contributed by atoms with E-state index in [4.69, 9.17) is 21.4 Å². The molecule has 0 bridgehead atoms. The second-order valence-electron chi connectivity index (χ2n) is 6.17. The third kappa shape index (κ3) is 5.62. The Morgan fingerprint density at radius 1 is 1.23 bits per heavy atom. The van der Waals surface area contributed by atoms with Gasteiger partial charge in [-0.3, -0.25) is 19.3 Å². The van der Waals surface area contributed by atoms with Gasteiger partial charge in [-0.1, -0.05) is 29.8 Å². The number of rotatable bonds is 7. The first-order chi connectivity index (χ1) is 14.7. The van der Waals surface area contributed by atoms with Crippen LogP contribution < -0.4 is 10.1 Å². The molecule has 3 rings (SSSR count). The number of carbonyl (C=O) groups is 4. The van der Waals surface area contributed by atoms with Gasteiger partial charge in [-0.15, -0.1) is 0 Å². The summed E-state index contributed by atoms with van der Waals surface area (Å²) >= 11 is 6.30. The van der Waals surface area contributed by atoms with Crippen molar-refractivity contribution in [2.45, 2.75) is 0 Å². The quantitative estimate of drug-likeness (QED) is 0.601. The lowest BCUT2D eigenvalue weighted by Gasteiger charge is -2.12. The zero-order chi connectivity index (χ0) is 22.5. The van der Waals surface area contributed by atoms with Gasteiger partial charge >= 0.3 is 5.97 Å². The van der Waals surface area contributed by atoms with Crippen LogP contribution >= 0.6 is 23.4 Å². The molecule has 0 aromatic heterocycles. The third-order valence-corrected chi connectivity index (χ3v) is 5.13. The first kappa shape index (κ1) is 22.3. The number of carboxylic acid groups (broad SMARTS) is 1. The van der Waals surface area contributed by atoms with Crippen LogP contribution in [0, 0.1) is 5.82 Å². The molecule has 2 N–H and O–H groups in total. The van der Waals surface area contributed by atoms with Gasteiger partial charge in [-0.25, -0.2) is 9.18 Å². The smallest absolute Gasteiger partial charge is 0.341 e. The van der Waals surface area contributed by atoms with E-state index in [1.165, 1.54) is 24.3 Å². The predicted octanol–water partition coefficient (Wildman–Crippen LogP) is 3.62. The van der Waals surface area contributed by atoms with Gasteiger partial charge in [0.25, 0.3) is 11.1 Å². The van der Waals surface area contributed by atoms with E-state index in [0.29, 0.717) is 17.3 Å². The highest BCUT2D eigenvalue weighted by Gasteiger charge is 2.36. The van der Waals surface area contributed by atoms with Gasteiger partial charge in [0.05, 0.1) is 9.93 Å². The summed E-state index contributed by atoms with van der Waals surface area (Å²) in [6.07, 6.45) is 1.39. The maximum Gasteiger partial charge on any atom is 0.341 e. The second-order valence-corrected chi connectivity index (χ2v) is 7.57. The lowest BCUT2D eigenvalue weighted by Crippen LogP contribution is -2.36. The number of para-hydroxylation sites is 1. The molecule has 11 heteroatoms. The molecule has 8 nitrogen and oxygen atoms in total. The summed E-state index contributed by atoms with van der Waals surface area (Å²) in [6.45, 7) is -1.12. The Bertz CT molecular complexity index is 1110. The molecule has 1 heterocycles. The summed E-state index contributed by atoms with van der Waals surface area (Å²) in [4.78, 5) is 48.6. The van der Waals surface area contributed by atoms with Crippen LogP contribution in [0.4, 0.5) is 14.9 Å². The summed E-state index contributed by atoms with van der Waals surface area (Å²) in [5.41, 5.74) is 0.614. The Hall–Kier alpha value is -3.37. The topological polar surface area (TPSA) is 113 Å². The van der Waals surface area contributed by atoms with Gasteiger partial charge in [-0.2, -0.15) is 0 Å². The fourth-order valence-corrected chi connectivity index (χ4v) is 3.58. The maximum atomic E-state index is 13.2. The van der Waals surface area contributed by atoms with Crippen molar-refractivity contribution in [1.29, 1.82) is 0 Å². The molecule has 1 saturated heterocycles. The van der Waals surface area contributed by atoms with E-state index in [2.05, 4.69) is 5.32 Å². The molecule has 160 valence electrons. The molecule has 0 unspecified atom stereocenters. The maximum absolute atomic E-state index is 13.2. The van der Waals surface area contributed by atoms with Crippen LogP contribution in [0.3, 0.4) is 0 Å². The molecule has 1 fully saturated rings. The van der Waals surface area contributed by atoms with Gasteiger partial charge in [0, 0.05) is 11.3 Å². The van der Waals surface area contributed by atoms with E-state index in [1.807, 2.05) is 0 Å². The minimum atomic E-state index is -1.16. The van der Waals surface area contributed by atoms with Crippen LogP contribution in [-0.2, 0) is 14.4 Å². The number of nitrogens with zero attached hydrogens (tertiary/aromatic N) is 1. The average molecular weight is 465 g/mol. The van der Waals surface area contributed by atoms with Crippen molar-refractivity contribution < 1.29 is 33.4 Å². The molecule has 2 aromatic carbocycles. The van der Waals surface area contributed by atoms with E-state index < -0.39 is 42.0 Å². The lowest BCUT2D eigenvalue weighted by atomic mass is 10.2. The Morgan fingerprint density at radius 3 is 2.68 bits per heavy atom. The minimum Gasteiger partial charge on any atom is -0.481 e. The number of halogens is 2. The normalized spacial score (nSPS) is 14.8. The fourth-order valence-electron chi connectivity index (χ4n) is 2.57. The summed E-state index contributed by atoms with van der Waals surface area (Å²) in [5.74, 6) is -2.94. The molecule has 0 saturated carbocycles. The molecule has 31 heavy (non-hydrogen) atoms. The standard InChI is InChI=1S/C20H14ClFN2O6S/c21-13-8-12(5-6-14(13)22)23-17(25)9-24-19(28)16(31-20(24)29)7-11-3-1-2-4-15(11)30-10-18(26)27/h1-8H,9-10H2,(H,23,25)(H,26,27)/b16-7+. The highest BCUT2D eigenvalue weighted by atomic mass is 35.5. The minimum absolute atomic E-state index is 0.0500. The Balaban J connectivity index is 1.71. The zero-order valence-corrected chi connectivity index (χ0v) is 17.2. The number of carboxylic acids is 1. The number of ether oxygens (including phenoxy) is 1. The number of benzene rings is 2. The first-order valence-corrected chi connectivity index (χ1v) is 9.88. The summed E-state index contributed by atoms with van der Waals surface area (Å²) < 4.78 is 18.4. The molecule has 0 radical (unpaired) electrons. The molecule has 3 amide bonds. The van der Waals surface area contributed by atoms with Crippen molar-refractivity contribution in [3.63, 3.8) is 0 Å². The van der Waals surface area contributed by atoms with Crippen LogP contribution in [0.1, 0.15) is 5.56 Å². The first-order valence-electron chi connectivity index (χ1n) is 8.68. The van der Waals surface area contributed by atoms with Crippen LogP contribution in [-0.4, -0.2) is 46.2 Å². The number of hydrogen-bond acceptors (Lipinski definition) is 6. The van der Waals surface area contributed by atoms with Crippen LogP contribution in [0.15, 0.2) is 47.4 Å². The molecule has 1 aliphatic heterocycles.